The predicted molar refractivity (Wildman–Crippen MR) is 151 cm³/mol. The summed E-state index contributed by atoms with van der Waals surface area (Å²) in [6.45, 7) is 1.99. The molecule has 5 aromatic rings. The van der Waals surface area contributed by atoms with E-state index in [0.29, 0.717) is 26.9 Å². The summed E-state index contributed by atoms with van der Waals surface area (Å²) >= 11 is 12.6. The van der Waals surface area contributed by atoms with Crippen LogP contribution in [0.1, 0.15) is 32.0 Å². The molecule has 0 aliphatic carbocycles. The molecule has 0 aliphatic heterocycles. The molecule has 6 nitrogen and oxygen atoms in total. The van der Waals surface area contributed by atoms with E-state index in [9.17, 15) is 9.59 Å². The summed E-state index contributed by atoms with van der Waals surface area (Å²) in [5.41, 5.74) is 6.91. The van der Waals surface area contributed by atoms with Gasteiger partial charge in [0.15, 0.2) is 0 Å². The molecule has 0 spiro atoms. The van der Waals surface area contributed by atoms with Gasteiger partial charge in [-0.2, -0.15) is 5.10 Å². The van der Waals surface area contributed by atoms with Gasteiger partial charge in [0.05, 0.1) is 16.8 Å². The van der Waals surface area contributed by atoms with E-state index < -0.39 is 11.9 Å². The van der Waals surface area contributed by atoms with E-state index in [4.69, 9.17) is 27.9 Å². The average molecular weight is 542 g/mol. The number of nitrogens with zero attached hydrogens (tertiary/aromatic N) is 1. The number of aromatic nitrogens is 1. The number of carbonyl (C=O) groups is 2. The third-order valence-electron chi connectivity index (χ3n) is 5.91. The number of amides is 1. The number of benzene rings is 4. The van der Waals surface area contributed by atoms with Crippen molar-refractivity contribution in [3.63, 3.8) is 0 Å². The minimum Gasteiger partial charge on any atom is -0.422 e. The molecule has 1 aromatic heterocycles. The highest BCUT2D eigenvalue weighted by molar-refractivity contribution is 6.34. The molecule has 1 heterocycles. The zero-order valence-electron chi connectivity index (χ0n) is 20.2. The summed E-state index contributed by atoms with van der Waals surface area (Å²) in [5, 5.41) is 5.82. The van der Waals surface area contributed by atoms with Crippen LogP contribution >= 0.6 is 23.2 Å². The number of hydrogen-bond donors (Lipinski definition) is 2. The van der Waals surface area contributed by atoms with Gasteiger partial charge >= 0.3 is 5.97 Å². The van der Waals surface area contributed by atoms with Gasteiger partial charge in [-0.15, -0.1) is 0 Å². The summed E-state index contributed by atoms with van der Waals surface area (Å²) in [7, 11) is 0. The van der Waals surface area contributed by atoms with Gasteiger partial charge in [0.25, 0.3) is 5.91 Å². The van der Waals surface area contributed by atoms with Crippen molar-refractivity contribution < 1.29 is 14.3 Å². The normalized spacial score (nSPS) is 11.1. The van der Waals surface area contributed by atoms with E-state index in [2.05, 4.69) is 15.5 Å². The van der Waals surface area contributed by atoms with Crippen LogP contribution in [0.4, 0.5) is 0 Å². The van der Waals surface area contributed by atoms with E-state index >= 15 is 0 Å². The van der Waals surface area contributed by atoms with E-state index in [1.54, 1.807) is 54.6 Å². The van der Waals surface area contributed by atoms with E-state index in [0.717, 1.165) is 22.0 Å². The number of para-hydroxylation sites is 1. The Morgan fingerprint density at radius 2 is 1.61 bits per heavy atom. The molecule has 188 valence electrons. The van der Waals surface area contributed by atoms with Crippen LogP contribution in [0.15, 0.2) is 96.1 Å². The fraction of sp³-hybridized carbons (Fsp3) is 0.0333. The minimum atomic E-state index is -0.599. The second-order valence-corrected chi connectivity index (χ2v) is 9.32. The topological polar surface area (TPSA) is 83.6 Å². The van der Waals surface area contributed by atoms with Crippen LogP contribution in [-0.4, -0.2) is 23.1 Å². The van der Waals surface area contributed by atoms with Crippen molar-refractivity contribution >= 4 is 52.2 Å². The van der Waals surface area contributed by atoms with Gasteiger partial charge < -0.3 is 9.72 Å². The Morgan fingerprint density at radius 1 is 0.895 bits per heavy atom. The quantitative estimate of drug-likeness (QED) is 0.101. The van der Waals surface area contributed by atoms with Gasteiger partial charge in [-0.3, -0.25) is 4.79 Å². The number of aryl methyl sites for hydroxylation is 1. The number of hydrogen-bond acceptors (Lipinski definition) is 4. The van der Waals surface area contributed by atoms with Crippen molar-refractivity contribution in [2.24, 2.45) is 5.10 Å². The van der Waals surface area contributed by atoms with Crippen molar-refractivity contribution in [3.8, 4) is 16.9 Å². The number of H-pyrrole nitrogens is 1. The van der Waals surface area contributed by atoms with E-state index in [1.165, 1.54) is 6.21 Å². The van der Waals surface area contributed by atoms with Crippen LogP contribution < -0.4 is 10.2 Å². The zero-order chi connectivity index (χ0) is 26.6. The molecule has 0 saturated carbocycles. The number of rotatable bonds is 6. The van der Waals surface area contributed by atoms with E-state index in [1.807, 2.05) is 43.3 Å². The third kappa shape index (κ3) is 5.18. The van der Waals surface area contributed by atoms with Crippen LogP contribution in [0.5, 0.6) is 5.75 Å². The molecule has 38 heavy (non-hydrogen) atoms. The average Bonchev–Trinajstić information content (AvgIpc) is 3.28. The van der Waals surface area contributed by atoms with Gasteiger partial charge in [-0.1, -0.05) is 77.3 Å². The van der Waals surface area contributed by atoms with Gasteiger partial charge in [0.1, 0.15) is 11.4 Å². The molecule has 1 amide bonds. The summed E-state index contributed by atoms with van der Waals surface area (Å²) in [4.78, 5) is 29.1. The lowest BCUT2D eigenvalue weighted by molar-refractivity contribution is 0.0734. The Bertz CT molecular complexity index is 1710. The summed E-state index contributed by atoms with van der Waals surface area (Å²) < 4.78 is 5.55. The van der Waals surface area contributed by atoms with E-state index in [-0.39, 0.29) is 11.3 Å². The second-order valence-electron chi connectivity index (χ2n) is 8.51. The highest BCUT2D eigenvalue weighted by Gasteiger charge is 2.21. The molecule has 0 saturated heterocycles. The molecule has 0 atom stereocenters. The fourth-order valence-corrected chi connectivity index (χ4v) is 4.54. The van der Waals surface area contributed by atoms with Crippen LogP contribution in [0.2, 0.25) is 10.0 Å². The zero-order valence-corrected chi connectivity index (χ0v) is 21.7. The first-order valence-electron chi connectivity index (χ1n) is 11.7. The first-order chi connectivity index (χ1) is 18.4. The highest BCUT2D eigenvalue weighted by atomic mass is 35.5. The number of fused-ring (bicyclic) bond motifs is 1. The van der Waals surface area contributed by atoms with Gasteiger partial charge in [0, 0.05) is 32.6 Å². The Hall–Kier alpha value is -4.39. The standard InChI is InChI=1S/C30H21Cl2N3O3/c1-18-14-15-25-22(16-18)27(20-9-3-5-11-23(20)31)28(34-25)29(36)35-33-17-19-8-2-7-13-26(19)38-30(37)21-10-4-6-12-24(21)32/h2-17,34H,1H3,(H,35,36). The first kappa shape index (κ1) is 25.3. The fourth-order valence-electron chi connectivity index (χ4n) is 4.10. The Balaban J connectivity index is 1.42. The lowest BCUT2D eigenvalue weighted by atomic mass is 10.0. The molecule has 0 aliphatic rings. The molecular weight excluding hydrogens is 521 g/mol. The number of hydrazone groups is 1. The summed E-state index contributed by atoms with van der Waals surface area (Å²) in [6.07, 6.45) is 1.41. The summed E-state index contributed by atoms with van der Waals surface area (Å²) in [5.74, 6) is -0.776. The predicted octanol–water partition coefficient (Wildman–Crippen LogP) is 7.43. The van der Waals surface area contributed by atoms with Crippen molar-refractivity contribution in [1.29, 1.82) is 0 Å². The van der Waals surface area contributed by atoms with Crippen molar-refractivity contribution in [1.82, 2.24) is 10.4 Å². The maximum atomic E-state index is 13.3. The van der Waals surface area contributed by atoms with Gasteiger partial charge in [-0.25, -0.2) is 10.2 Å². The van der Waals surface area contributed by atoms with Crippen molar-refractivity contribution in [2.45, 2.75) is 6.92 Å². The Labute approximate surface area is 228 Å². The number of aromatic amines is 1. The molecule has 4 aromatic carbocycles. The number of carbonyl (C=O) groups excluding carboxylic acids is 2. The first-order valence-corrected chi connectivity index (χ1v) is 12.4. The maximum absolute atomic E-state index is 13.3. The smallest absolute Gasteiger partial charge is 0.345 e. The molecule has 0 radical (unpaired) electrons. The SMILES string of the molecule is Cc1ccc2[nH]c(C(=O)NN=Cc3ccccc3OC(=O)c3ccccc3Cl)c(-c3ccccc3Cl)c2c1. The molecule has 0 fully saturated rings. The van der Waals surface area contributed by atoms with Crippen LogP contribution in [0, 0.1) is 6.92 Å². The number of ether oxygens (including phenoxy) is 1. The monoisotopic (exact) mass is 541 g/mol. The van der Waals surface area contributed by atoms with Crippen LogP contribution in [-0.2, 0) is 0 Å². The summed E-state index contributed by atoms with van der Waals surface area (Å²) in [6, 6.07) is 26.7. The largest absolute Gasteiger partial charge is 0.422 e. The third-order valence-corrected chi connectivity index (χ3v) is 6.57. The minimum absolute atomic E-state index is 0.246. The maximum Gasteiger partial charge on any atom is 0.345 e. The molecule has 2 N–H and O–H groups in total. The lowest BCUT2D eigenvalue weighted by Gasteiger charge is -2.08. The Morgan fingerprint density at radius 3 is 2.39 bits per heavy atom. The van der Waals surface area contributed by atoms with Crippen LogP contribution in [0.25, 0.3) is 22.0 Å². The molecule has 0 bridgehead atoms. The van der Waals surface area contributed by atoms with Gasteiger partial charge in [0.2, 0.25) is 0 Å². The number of esters is 1. The molecule has 0 unspecified atom stereocenters. The Kier molecular flexibility index (Phi) is 7.26. The highest BCUT2D eigenvalue weighted by Crippen LogP contribution is 2.37. The van der Waals surface area contributed by atoms with Crippen molar-refractivity contribution in [3.05, 3.63) is 123 Å². The molecule has 5 rings (SSSR count). The number of halogens is 2. The van der Waals surface area contributed by atoms with Gasteiger partial charge in [-0.05, 0) is 49.4 Å². The molecular formula is C30H21Cl2N3O3. The lowest BCUT2D eigenvalue weighted by Crippen LogP contribution is -2.19. The second kappa shape index (κ2) is 10.9. The van der Waals surface area contributed by atoms with Crippen molar-refractivity contribution in [2.75, 3.05) is 0 Å². The number of nitrogens with one attached hydrogen (secondary N) is 2. The van der Waals surface area contributed by atoms with Crippen LogP contribution in [0.3, 0.4) is 0 Å². The molecule has 8 heteroatoms.